The topological polar surface area (TPSA) is 132 Å². The summed E-state index contributed by atoms with van der Waals surface area (Å²) in [6.07, 6.45) is 1.07. The zero-order chi connectivity index (χ0) is 36.5. The van der Waals surface area contributed by atoms with E-state index in [0.717, 1.165) is 36.8 Å². The highest BCUT2D eigenvalue weighted by molar-refractivity contribution is 5.80. The van der Waals surface area contributed by atoms with Gasteiger partial charge in [0.05, 0.1) is 26.2 Å². The molecule has 13 nitrogen and oxygen atoms in total. The average Bonchev–Trinajstić information content (AvgIpc) is 3.83. The van der Waals surface area contributed by atoms with Crippen LogP contribution in [0, 0.1) is 5.92 Å². The number of hydrogen-bond donors (Lipinski definition) is 0. The molecule has 0 N–H and O–H groups in total. The minimum atomic E-state index is -1.26. The first-order chi connectivity index (χ1) is 24.5. The molecule has 280 valence electrons. The normalized spacial score (nSPS) is 22.7. The molecule has 1 amide bonds. The maximum absolute atomic E-state index is 14.4. The Balaban J connectivity index is 1.40. The number of rotatable bonds is 16. The number of benzene rings is 2. The van der Waals surface area contributed by atoms with Crippen molar-refractivity contribution in [3.05, 3.63) is 53.6 Å². The summed E-state index contributed by atoms with van der Waals surface area (Å²) in [6.45, 7) is 11.4. The first kappa shape index (κ1) is 38.2. The molecule has 0 aromatic heterocycles. The second kappa shape index (κ2) is 17.4. The number of unbranched alkanes of at least 4 members (excludes halogenated alkanes) is 2. The summed E-state index contributed by atoms with van der Waals surface area (Å²) in [5, 5.41) is 0. The Kier molecular flexibility index (Phi) is 13.0. The molecule has 0 radical (unpaired) electrons. The van der Waals surface area contributed by atoms with Crippen LogP contribution in [0.5, 0.6) is 17.2 Å². The average molecular weight is 713 g/mol. The summed E-state index contributed by atoms with van der Waals surface area (Å²) in [5.41, 5.74) is 1.65. The quantitative estimate of drug-likeness (QED) is 0.154. The van der Waals surface area contributed by atoms with Gasteiger partial charge in [-0.2, -0.15) is 0 Å². The zero-order valence-corrected chi connectivity index (χ0v) is 30.6. The molecule has 2 aromatic rings. The number of methoxy groups -OCH3 is 1. The lowest BCUT2D eigenvalue weighted by Crippen LogP contribution is -2.42. The third-order valence-corrected chi connectivity index (χ3v) is 9.41. The van der Waals surface area contributed by atoms with Gasteiger partial charge >= 0.3 is 12.1 Å². The van der Waals surface area contributed by atoms with E-state index in [-0.39, 0.29) is 32.5 Å². The molecule has 3 aliphatic rings. The highest BCUT2D eigenvalue weighted by Gasteiger charge is 2.49. The molecule has 3 heterocycles. The number of ether oxygens (including phenoxy) is 8. The predicted molar refractivity (Wildman–Crippen MR) is 185 cm³/mol. The van der Waals surface area contributed by atoms with E-state index in [0.29, 0.717) is 36.9 Å². The van der Waals surface area contributed by atoms with Crippen LogP contribution in [0.3, 0.4) is 0 Å². The SMILES string of the molecule is CCCCN(CCCC)C(=O)CN1C[C@H](c2ccc3c(c2)OCO3)[C@@H](C(=O)OC(C)OC(=O)OC[C@@H]2COC(C)(C)O2)[C@@H]1c1ccc(OC)cc1. The van der Waals surface area contributed by atoms with Crippen molar-refractivity contribution in [3.63, 3.8) is 0 Å². The molecule has 1 unspecified atom stereocenters. The second-order valence-corrected chi connectivity index (χ2v) is 13.6. The van der Waals surface area contributed by atoms with Gasteiger partial charge in [-0.25, -0.2) is 4.79 Å². The minimum absolute atomic E-state index is 0.00772. The van der Waals surface area contributed by atoms with Gasteiger partial charge in [0, 0.05) is 38.5 Å². The minimum Gasteiger partial charge on any atom is -0.497 e. The van der Waals surface area contributed by atoms with E-state index in [9.17, 15) is 14.4 Å². The molecule has 0 spiro atoms. The Morgan fingerprint density at radius 3 is 2.29 bits per heavy atom. The molecular weight excluding hydrogens is 660 g/mol. The van der Waals surface area contributed by atoms with Crippen molar-refractivity contribution in [1.82, 2.24) is 9.80 Å². The third kappa shape index (κ3) is 9.84. The number of fused-ring (bicyclic) bond motifs is 1. The summed E-state index contributed by atoms with van der Waals surface area (Å²) in [7, 11) is 1.59. The maximum atomic E-state index is 14.4. The van der Waals surface area contributed by atoms with E-state index < -0.39 is 48.2 Å². The standard InChI is InChI=1S/C38H52N2O11/c1-7-9-17-39(18-10-8-2)33(41)21-40-20-30(27-13-16-31-32(19-27)47-24-46-31)34(35(40)26-11-14-28(44-6)15-12-26)36(42)49-25(3)50-37(43)45-22-29-23-48-38(4,5)51-29/h11-16,19,25,29-30,34-35H,7-10,17-18,20-24H2,1-6H3/t25?,29-,30-,34-,35+/m1/s1. The van der Waals surface area contributed by atoms with Crippen LogP contribution in [0.15, 0.2) is 42.5 Å². The predicted octanol–water partition coefficient (Wildman–Crippen LogP) is 5.80. The van der Waals surface area contributed by atoms with E-state index in [1.54, 1.807) is 21.0 Å². The number of carbonyl (C=O) groups excluding carboxylic acids is 3. The van der Waals surface area contributed by atoms with Crippen molar-refractivity contribution in [3.8, 4) is 17.2 Å². The van der Waals surface area contributed by atoms with Crippen molar-refractivity contribution in [2.24, 2.45) is 5.92 Å². The Bertz CT molecular complexity index is 1470. The smallest absolute Gasteiger partial charge is 0.497 e. The molecule has 2 fully saturated rings. The Hall–Kier alpha value is -4.07. The largest absolute Gasteiger partial charge is 0.511 e. The molecule has 5 atom stereocenters. The number of esters is 1. The van der Waals surface area contributed by atoms with Gasteiger partial charge in [-0.1, -0.05) is 44.9 Å². The lowest BCUT2D eigenvalue weighted by atomic mass is 9.82. The highest BCUT2D eigenvalue weighted by atomic mass is 16.8. The fraction of sp³-hybridized carbons (Fsp3) is 0.605. The lowest BCUT2D eigenvalue weighted by molar-refractivity contribution is -0.176. The Labute approximate surface area is 300 Å². The van der Waals surface area contributed by atoms with Crippen LogP contribution in [-0.2, 0) is 33.3 Å². The molecule has 0 saturated carbocycles. The van der Waals surface area contributed by atoms with Gasteiger partial charge in [-0.3, -0.25) is 14.5 Å². The molecule has 3 aliphatic heterocycles. The number of amides is 1. The van der Waals surface area contributed by atoms with E-state index in [2.05, 4.69) is 18.7 Å². The molecule has 0 bridgehead atoms. The number of carbonyl (C=O) groups is 3. The summed E-state index contributed by atoms with van der Waals surface area (Å²) in [6, 6.07) is 12.6. The van der Waals surface area contributed by atoms with Crippen LogP contribution in [0.25, 0.3) is 0 Å². The molecule has 5 rings (SSSR count). The van der Waals surface area contributed by atoms with Gasteiger partial charge in [0.1, 0.15) is 18.5 Å². The van der Waals surface area contributed by atoms with Gasteiger partial charge in [0.15, 0.2) is 17.3 Å². The van der Waals surface area contributed by atoms with Crippen LogP contribution in [-0.4, -0.2) is 99.3 Å². The van der Waals surface area contributed by atoms with Crippen molar-refractivity contribution < 1.29 is 52.3 Å². The van der Waals surface area contributed by atoms with Crippen molar-refractivity contribution in [1.29, 1.82) is 0 Å². The second-order valence-electron chi connectivity index (χ2n) is 13.6. The summed E-state index contributed by atoms with van der Waals surface area (Å²) < 4.78 is 44.3. The maximum Gasteiger partial charge on any atom is 0.511 e. The number of nitrogens with zero attached hydrogens (tertiary/aromatic N) is 2. The van der Waals surface area contributed by atoms with E-state index in [1.807, 2.05) is 47.4 Å². The number of hydrogen-bond acceptors (Lipinski definition) is 12. The van der Waals surface area contributed by atoms with E-state index in [1.165, 1.54) is 6.92 Å². The molecule has 0 aliphatic carbocycles. The van der Waals surface area contributed by atoms with Crippen molar-refractivity contribution >= 4 is 18.0 Å². The zero-order valence-electron chi connectivity index (χ0n) is 30.6. The van der Waals surface area contributed by atoms with Gasteiger partial charge in [-0.15, -0.1) is 0 Å². The summed E-state index contributed by atoms with van der Waals surface area (Å²) >= 11 is 0. The summed E-state index contributed by atoms with van der Waals surface area (Å²) in [4.78, 5) is 44.9. The van der Waals surface area contributed by atoms with Crippen LogP contribution in [0.2, 0.25) is 0 Å². The highest BCUT2D eigenvalue weighted by Crippen LogP contribution is 2.48. The monoisotopic (exact) mass is 712 g/mol. The first-order valence-electron chi connectivity index (χ1n) is 17.9. The van der Waals surface area contributed by atoms with Crippen LogP contribution in [0.1, 0.15) is 83.4 Å². The van der Waals surface area contributed by atoms with Crippen molar-refractivity contribution in [2.75, 3.05) is 53.3 Å². The van der Waals surface area contributed by atoms with Crippen LogP contribution >= 0.6 is 0 Å². The van der Waals surface area contributed by atoms with Crippen molar-refractivity contribution in [2.45, 2.75) is 90.4 Å². The lowest BCUT2D eigenvalue weighted by Gasteiger charge is -2.31. The van der Waals surface area contributed by atoms with Gasteiger partial charge in [0.25, 0.3) is 0 Å². The Morgan fingerprint density at radius 1 is 0.961 bits per heavy atom. The van der Waals surface area contributed by atoms with Gasteiger partial charge in [0.2, 0.25) is 19.0 Å². The molecule has 2 saturated heterocycles. The van der Waals surface area contributed by atoms with E-state index >= 15 is 0 Å². The molecule has 51 heavy (non-hydrogen) atoms. The molecule has 13 heteroatoms. The first-order valence-corrected chi connectivity index (χ1v) is 17.9. The fourth-order valence-corrected chi connectivity index (χ4v) is 6.83. The van der Waals surface area contributed by atoms with Gasteiger partial charge < -0.3 is 42.8 Å². The van der Waals surface area contributed by atoms with E-state index in [4.69, 9.17) is 37.9 Å². The molecule has 2 aromatic carbocycles. The fourth-order valence-electron chi connectivity index (χ4n) is 6.83. The van der Waals surface area contributed by atoms with Gasteiger partial charge in [-0.05, 0) is 62.1 Å². The third-order valence-electron chi connectivity index (χ3n) is 9.41. The summed E-state index contributed by atoms with van der Waals surface area (Å²) in [5.74, 6) is -0.678. The number of likely N-dealkylation sites (tertiary alicyclic amines) is 1. The Morgan fingerprint density at radius 2 is 1.65 bits per heavy atom. The van der Waals surface area contributed by atoms with Crippen LogP contribution in [0.4, 0.5) is 4.79 Å². The van der Waals surface area contributed by atoms with Crippen LogP contribution < -0.4 is 14.2 Å². The molecular formula is C38H52N2O11.